The fourth-order valence-corrected chi connectivity index (χ4v) is 11.7. The Morgan fingerprint density at radius 2 is 1.02 bits per heavy atom. The fourth-order valence-electron chi connectivity index (χ4n) is 11.7. The van der Waals surface area contributed by atoms with Crippen molar-refractivity contribution in [2.45, 2.75) is 26.2 Å². The van der Waals surface area contributed by atoms with Gasteiger partial charge in [-0.3, -0.25) is 0 Å². The Bertz CT molecular complexity index is 5180. The molecule has 1 aliphatic rings. The van der Waals surface area contributed by atoms with E-state index in [1.807, 2.05) is 127 Å². The number of nitrogens with zero attached hydrogens (tertiary/aromatic N) is 5. The standard InChI is InChI=1S/C79H58N5O.Pt/c1-79(2,3)60-48-68(56-32-16-8-17-33-56)77(69(49-60)57-34-18-9-19-35-57)83-52-82(73-40-24-25-41-74(73)83)61-44-59(76-66(54-28-12-6-13-29-54)46-58(53-26-10-5-11-27-53)47-67(76)55-30-14-7-15-31-55)45-63(50-61)85-62-42-43-65-64-36-20-22-38-71(64)84(75(65)51-62)78-80-70-37-21-23-39-72(70)81(78)4;/h5-49,52H,1-4H3;/q-3;/i4D3,20D,22D,36D,38D,46D,47D;. The molecule has 0 atom stereocenters. The zero-order chi connectivity index (χ0) is 64.9. The van der Waals surface area contributed by atoms with E-state index in [2.05, 4.69) is 122 Å². The number of anilines is 4. The van der Waals surface area contributed by atoms with Crippen molar-refractivity contribution in [2.75, 3.05) is 9.80 Å². The molecule has 14 aromatic rings. The van der Waals surface area contributed by atoms with Gasteiger partial charge in [-0.05, 0) is 121 Å². The summed E-state index contributed by atoms with van der Waals surface area (Å²) in [6.07, 6.45) is 0. The zero-order valence-electron chi connectivity index (χ0n) is 56.1. The number of hydrogen-bond acceptors (Lipinski definition) is 4. The van der Waals surface area contributed by atoms with Gasteiger partial charge in [-0.15, -0.1) is 53.6 Å². The van der Waals surface area contributed by atoms with Gasteiger partial charge >= 0.3 is 0 Å². The molecule has 1 aliphatic heterocycles. The number of hydrogen-bond donors (Lipinski definition) is 0. The number of aryl methyl sites for hydroxylation is 1. The van der Waals surface area contributed by atoms with Crippen LogP contribution in [-0.2, 0) is 33.5 Å². The van der Waals surface area contributed by atoms with Crippen LogP contribution in [0.15, 0.2) is 273 Å². The number of benzene rings is 12. The van der Waals surface area contributed by atoms with Crippen molar-refractivity contribution >= 4 is 55.6 Å². The topological polar surface area (TPSA) is 38.5 Å². The molecule has 3 heterocycles. The average molecular weight is 1300 g/mol. The Hall–Kier alpha value is -10.0. The molecule has 0 saturated carbocycles. The summed E-state index contributed by atoms with van der Waals surface area (Å²) in [5.41, 5.74) is 14.1. The van der Waals surface area contributed by atoms with Crippen LogP contribution >= 0.6 is 0 Å². The SMILES string of the molecule is [2H]c1c(-c2ccccc2)c([2H])c(-c2ccccc2)c(-c2cc(Oc3[c-]c4c(cc3)c3c([2H])c([2H])c([2H])c([2H])c3n4-c3nc4ccccc4n3C([2H])([2H])[2H])[c-]c(N3[CH-]N(c4c(-c5ccccc5)cc(C(C)(C)C)cc4-c4ccccc4)c4ccccc43)c2)c1-c1ccccc1.[Pt]. The molecule has 0 fully saturated rings. The monoisotopic (exact) mass is 1300 g/mol. The van der Waals surface area contributed by atoms with Gasteiger partial charge in [0.05, 0.1) is 19.3 Å². The molecule has 86 heavy (non-hydrogen) atoms. The van der Waals surface area contributed by atoms with Crippen LogP contribution in [-0.4, -0.2) is 14.1 Å². The minimum atomic E-state index is -2.80. The van der Waals surface area contributed by atoms with Gasteiger partial charge in [0.1, 0.15) is 0 Å². The molecule has 0 bridgehead atoms. The molecule has 15 rings (SSSR count). The van der Waals surface area contributed by atoms with Crippen molar-refractivity contribution in [1.82, 2.24) is 14.1 Å². The molecule has 0 unspecified atom stereocenters. The van der Waals surface area contributed by atoms with E-state index in [1.165, 1.54) is 10.1 Å². The first-order chi connectivity index (χ1) is 45.4. The van der Waals surface area contributed by atoms with Gasteiger partial charge < -0.3 is 23.7 Å². The van der Waals surface area contributed by atoms with E-state index in [1.54, 1.807) is 36.4 Å². The third-order valence-corrected chi connectivity index (χ3v) is 15.8. The number of rotatable bonds is 11. The maximum atomic E-state index is 10.4. The van der Waals surface area contributed by atoms with Gasteiger partial charge in [-0.2, -0.15) is 6.07 Å². The summed E-state index contributed by atoms with van der Waals surface area (Å²) >= 11 is 0. The molecule has 418 valence electrons. The van der Waals surface area contributed by atoms with Crippen LogP contribution in [0.1, 0.15) is 38.7 Å². The van der Waals surface area contributed by atoms with Gasteiger partial charge in [-0.25, -0.2) is 4.98 Å². The van der Waals surface area contributed by atoms with Crippen molar-refractivity contribution < 1.29 is 38.1 Å². The Kier molecular flexibility index (Phi) is 11.5. The molecule has 6 nitrogen and oxygen atoms in total. The van der Waals surface area contributed by atoms with Crippen molar-refractivity contribution in [3.05, 3.63) is 297 Å². The second kappa shape index (κ2) is 22.2. The second-order valence-corrected chi connectivity index (χ2v) is 22.2. The molecule has 0 radical (unpaired) electrons. The second-order valence-electron chi connectivity index (χ2n) is 22.2. The van der Waals surface area contributed by atoms with Crippen LogP contribution < -0.4 is 14.5 Å². The van der Waals surface area contributed by atoms with Crippen LogP contribution in [0, 0.1) is 18.8 Å². The van der Waals surface area contributed by atoms with Gasteiger partial charge in [0.2, 0.25) is 5.95 Å². The zero-order valence-corrected chi connectivity index (χ0v) is 49.3. The van der Waals surface area contributed by atoms with E-state index >= 15 is 0 Å². The molecule has 0 N–H and O–H groups in total. The minimum Gasteiger partial charge on any atom is -0.509 e. The van der Waals surface area contributed by atoms with E-state index in [4.69, 9.17) is 16.6 Å². The molecule has 0 saturated heterocycles. The summed E-state index contributed by atoms with van der Waals surface area (Å²) in [4.78, 5) is 9.21. The van der Waals surface area contributed by atoms with Crippen molar-refractivity contribution in [2.24, 2.45) is 6.98 Å². The van der Waals surface area contributed by atoms with Gasteiger partial charge in [0, 0.05) is 77.4 Å². The quantitative estimate of drug-likeness (QED) is 0.121. The molecule has 0 amide bonds. The Balaban J connectivity index is 0.00000778. The predicted molar refractivity (Wildman–Crippen MR) is 352 cm³/mol. The van der Waals surface area contributed by atoms with Crippen LogP contribution in [0.5, 0.6) is 11.5 Å². The van der Waals surface area contributed by atoms with Gasteiger partial charge in [-0.1, -0.05) is 220 Å². The molecule has 12 aromatic carbocycles. The predicted octanol–water partition coefficient (Wildman–Crippen LogP) is 20.8. The van der Waals surface area contributed by atoms with Crippen LogP contribution in [0.2, 0.25) is 0 Å². The first-order valence-corrected chi connectivity index (χ1v) is 28.3. The van der Waals surface area contributed by atoms with Crippen molar-refractivity contribution in [1.29, 1.82) is 0 Å². The molecule has 7 heteroatoms. The number of fused-ring (bicyclic) bond motifs is 5. The molecule has 0 spiro atoms. The van der Waals surface area contributed by atoms with Crippen molar-refractivity contribution in [3.63, 3.8) is 0 Å². The van der Waals surface area contributed by atoms with E-state index in [0.717, 1.165) is 60.6 Å². The summed E-state index contributed by atoms with van der Waals surface area (Å²) in [6.45, 7) is 5.99. The third-order valence-electron chi connectivity index (χ3n) is 15.8. The summed E-state index contributed by atoms with van der Waals surface area (Å²) in [5.74, 6) is 0.213. The molecule has 2 aromatic heterocycles. The normalized spacial score (nSPS) is 13.9. The Morgan fingerprint density at radius 3 is 1.62 bits per heavy atom. The third kappa shape index (κ3) is 9.66. The van der Waals surface area contributed by atoms with Gasteiger partial charge in [0.15, 0.2) is 0 Å². The first-order valence-electron chi connectivity index (χ1n) is 32.8. The molecule has 0 aliphatic carbocycles. The molecular weight excluding hydrogens is 1230 g/mol. The van der Waals surface area contributed by atoms with E-state index in [0.29, 0.717) is 49.9 Å². The van der Waals surface area contributed by atoms with E-state index < -0.39 is 25.1 Å². The maximum absolute atomic E-state index is 10.4. The Labute approximate surface area is 529 Å². The molecular formula is C79H58N5OPt-3. The summed E-state index contributed by atoms with van der Waals surface area (Å²) in [7, 11) is 0. The van der Waals surface area contributed by atoms with Gasteiger partial charge in [0.25, 0.3) is 0 Å². The summed E-state index contributed by atoms with van der Waals surface area (Å²) < 4.78 is 93.5. The Morgan fingerprint density at radius 1 is 0.488 bits per heavy atom. The average Bonchev–Trinajstić information content (AvgIpc) is 1.62. The number of para-hydroxylation sites is 5. The fraction of sp³-hybridized carbons (Fsp3) is 0.0633. The number of imidazole rings is 1. The largest absolute Gasteiger partial charge is 0.509 e. The van der Waals surface area contributed by atoms with Crippen LogP contribution in [0.4, 0.5) is 22.7 Å². The van der Waals surface area contributed by atoms with Crippen LogP contribution in [0.25, 0.3) is 106 Å². The van der Waals surface area contributed by atoms with E-state index in [9.17, 15) is 5.48 Å². The maximum Gasteiger partial charge on any atom is 0.213 e. The number of aromatic nitrogens is 3. The minimum absolute atomic E-state index is 0. The first kappa shape index (κ1) is 44.5. The smallest absolute Gasteiger partial charge is 0.213 e. The summed E-state index contributed by atoms with van der Waals surface area (Å²) in [5, 5.41) is 0.499. The van der Waals surface area contributed by atoms with E-state index in [-0.39, 0.29) is 78.5 Å². The van der Waals surface area contributed by atoms with Crippen molar-refractivity contribution in [3.8, 4) is 84.2 Å². The summed E-state index contributed by atoms with van der Waals surface area (Å²) in [6, 6.07) is 82.8. The van der Waals surface area contributed by atoms with Crippen LogP contribution in [0.3, 0.4) is 0 Å². The number of ether oxygens (including phenoxy) is 1.